The minimum absolute atomic E-state index is 0.108. The van der Waals surface area contributed by atoms with Gasteiger partial charge in [-0.2, -0.15) is 0 Å². The van der Waals surface area contributed by atoms with Crippen LogP contribution in [0.25, 0.3) is 0 Å². The Bertz CT molecular complexity index is 1340. The normalized spacial score (nSPS) is 19.2. The smallest absolute Gasteiger partial charge is 0.352 e. The van der Waals surface area contributed by atoms with E-state index in [1.165, 1.54) is 41.3 Å². The first kappa shape index (κ1) is 32.4. The number of thiophene rings is 1. The topological polar surface area (TPSA) is 140 Å². The summed E-state index contributed by atoms with van der Waals surface area (Å²) >= 11 is 2.67. The summed E-state index contributed by atoms with van der Waals surface area (Å²) in [5, 5.41) is 29.3. The number of carboxylic acids is 1. The van der Waals surface area contributed by atoms with Crippen molar-refractivity contribution in [2.45, 2.75) is 30.6 Å². The van der Waals surface area contributed by atoms with Crippen LogP contribution in [0.15, 0.2) is 89.4 Å². The average molecular weight is 625 g/mol. The Morgan fingerprint density at radius 3 is 2.07 bits per heavy atom. The van der Waals surface area contributed by atoms with Gasteiger partial charge in [-0.3, -0.25) is 14.5 Å². The monoisotopic (exact) mass is 624 g/mol. The number of rotatable bonds is 13. The fourth-order valence-corrected chi connectivity index (χ4v) is 6.85. The van der Waals surface area contributed by atoms with Crippen LogP contribution >= 0.6 is 23.1 Å². The number of hydrogen-bond acceptors (Lipinski definition) is 9. The number of methoxy groups -OCH3 is 1. The molecule has 10 nitrogen and oxygen atoms in total. The SMILES string of the molecule is CO[C@@]1(NC(=O)Cc2cccs2)C(=O)N2C(C(=O)O)=C(CO)CSC21.c1ccc(CNCCNCc2ccccc2)cc1. The Hall–Kier alpha value is -3.52. The third kappa shape index (κ3) is 8.11. The van der Waals surface area contributed by atoms with Crippen LogP contribution in [0, 0.1) is 0 Å². The number of fused-ring (bicyclic) bond motifs is 1. The molecule has 0 bridgehead atoms. The Balaban J connectivity index is 0.000000208. The summed E-state index contributed by atoms with van der Waals surface area (Å²) in [5.74, 6) is -2.10. The highest BCUT2D eigenvalue weighted by molar-refractivity contribution is 8.00. The van der Waals surface area contributed by atoms with Gasteiger partial charge in [0.1, 0.15) is 11.1 Å². The van der Waals surface area contributed by atoms with E-state index in [0.29, 0.717) is 0 Å². The molecule has 2 aromatic carbocycles. The number of aliphatic hydroxyl groups is 1. The number of ether oxygens (including phenoxy) is 1. The predicted molar refractivity (Wildman–Crippen MR) is 167 cm³/mol. The summed E-state index contributed by atoms with van der Waals surface area (Å²) in [6, 6.07) is 24.6. The van der Waals surface area contributed by atoms with Crippen molar-refractivity contribution in [2.75, 3.05) is 32.6 Å². The molecule has 12 heteroatoms. The van der Waals surface area contributed by atoms with Crippen molar-refractivity contribution in [1.82, 2.24) is 20.9 Å². The molecule has 5 rings (SSSR count). The molecule has 0 radical (unpaired) electrons. The van der Waals surface area contributed by atoms with Crippen molar-refractivity contribution in [3.63, 3.8) is 0 Å². The third-order valence-electron chi connectivity index (χ3n) is 6.89. The van der Waals surface area contributed by atoms with Crippen molar-refractivity contribution < 1.29 is 29.3 Å². The highest BCUT2D eigenvalue weighted by Gasteiger charge is 2.66. The molecule has 0 spiro atoms. The number of hydrogen-bond donors (Lipinski definition) is 5. The van der Waals surface area contributed by atoms with Gasteiger partial charge in [0.05, 0.1) is 13.0 Å². The molecule has 2 amide bonds. The van der Waals surface area contributed by atoms with E-state index in [9.17, 15) is 24.6 Å². The van der Waals surface area contributed by atoms with Crippen LogP contribution in [0.4, 0.5) is 0 Å². The molecule has 43 heavy (non-hydrogen) atoms. The number of benzene rings is 2. The quantitative estimate of drug-likeness (QED) is 0.110. The lowest BCUT2D eigenvalue weighted by molar-refractivity contribution is -0.192. The Labute approximate surface area is 259 Å². The number of carbonyl (C=O) groups is 3. The zero-order valence-corrected chi connectivity index (χ0v) is 25.5. The summed E-state index contributed by atoms with van der Waals surface area (Å²) in [7, 11) is 1.30. The fraction of sp³-hybridized carbons (Fsp3) is 0.323. The van der Waals surface area contributed by atoms with Gasteiger partial charge in [0, 0.05) is 43.9 Å². The first-order chi connectivity index (χ1) is 20.9. The first-order valence-corrected chi connectivity index (χ1v) is 15.7. The first-order valence-electron chi connectivity index (χ1n) is 13.8. The maximum atomic E-state index is 12.7. The molecule has 3 aromatic rings. The van der Waals surface area contributed by atoms with Gasteiger partial charge in [-0.05, 0) is 28.1 Å². The molecule has 2 atom stereocenters. The molecule has 0 aliphatic carbocycles. The Morgan fingerprint density at radius 2 is 1.58 bits per heavy atom. The molecule has 1 aromatic heterocycles. The van der Waals surface area contributed by atoms with Gasteiger partial charge in [-0.25, -0.2) is 4.79 Å². The van der Waals surface area contributed by atoms with E-state index in [0.717, 1.165) is 36.0 Å². The van der Waals surface area contributed by atoms with E-state index in [1.54, 1.807) is 0 Å². The fourth-order valence-electron chi connectivity index (χ4n) is 4.72. The van der Waals surface area contributed by atoms with Crippen molar-refractivity contribution in [2.24, 2.45) is 0 Å². The number of carbonyl (C=O) groups excluding carboxylic acids is 2. The van der Waals surface area contributed by atoms with E-state index in [2.05, 4.69) is 64.5 Å². The summed E-state index contributed by atoms with van der Waals surface area (Å²) in [5.41, 5.74) is 1.09. The number of nitrogens with one attached hydrogen (secondary N) is 3. The molecule has 2 aliphatic rings. The second-order valence-electron chi connectivity index (χ2n) is 9.82. The van der Waals surface area contributed by atoms with Gasteiger partial charge < -0.3 is 30.9 Å². The molecule has 0 saturated carbocycles. The molecule has 1 fully saturated rings. The number of carboxylic acid groups (broad SMARTS) is 1. The zero-order chi connectivity index (χ0) is 30.7. The highest BCUT2D eigenvalue weighted by atomic mass is 32.2. The van der Waals surface area contributed by atoms with Gasteiger partial charge in [0.2, 0.25) is 5.91 Å². The largest absolute Gasteiger partial charge is 0.477 e. The lowest BCUT2D eigenvalue weighted by atomic mass is 9.98. The van der Waals surface area contributed by atoms with Crippen LogP contribution in [-0.4, -0.2) is 76.6 Å². The number of aliphatic carboxylic acids is 1. The standard InChI is InChI=1S/C16H20N2.C15H16N2O6S2/c1-3-7-15(8-4-1)13-17-11-12-18-14-16-9-5-2-6-10-16;1-23-15(16-10(19)5-9-3-2-4-24-9)13(22)17-11(12(20)21)8(6-18)7-25-14(15)17/h1-10,17-18H,11-14H2;2-4,14,18H,5-7H2,1H3,(H,16,19)(H,20,21)/t;14?,15-/m.0/s1. The highest BCUT2D eigenvalue weighted by Crippen LogP contribution is 2.46. The Morgan fingerprint density at radius 1 is 0.977 bits per heavy atom. The van der Waals surface area contributed by atoms with Crippen LogP contribution in [0.1, 0.15) is 16.0 Å². The van der Waals surface area contributed by atoms with E-state index < -0.39 is 29.6 Å². The van der Waals surface area contributed by atoms with Crippen LogP contribution in [0.5, 0.6) is 0 Å². The van der Waals surface area contributed by atoms with E-state index in [4.69, 9.17) is 4.74 Å². The van der Waals surface area contributed by atoms with Gasteiger partial charge >= 0.3 is 5.97 Å². The zero-order valence-electron chi connectivity index (χ0n) is 23.8. The van der Waals surface area contributed by atoms with Gasteiger partial charge in [0.25, 0.3) is 11.6 Å². The van der Waals surface area contributed by atoms with Gasteiger partial charge in [-0.15, -0.1) is 23.1 Å². The second kappa shape index (κ2) is 15.8. The van der Waals surface area contributed by atoms with Crippen LogP contribution in [-0.2, 0) is 38.6 Å². The lowest BCUT2D eigenvalue weighted by Crippen LogP contribution is -2.80. The summed E-state index contributed by atoms with van der Waals surface area (Å²) in [4.78, 5) is 38.4. The summed E-state index contributed by atoms with van der Waals surface area (Å²) in [6.07, 6.45) is 0.108. The van der Waals surface area contributed by atoms with Gasteiger partial charge in [0.15, 0.2) is 0 Å². The minimum Gasteiger partial charge on any atom is -0.477 e. The number of thioether (sulfide) groups is 1. The number of aliphatic hydroxyl groups excluding tert-OH is 1. The maximum Gasteiger partial charge on any atom is 0.352 e. The summed E-state index contributed by atoms with van der Waals surface area (Å²) in [6.45, 7) is 3.40. The van der Waals surface area contributed by atoms with Crippen LogP contribution in [0.2, 0.25) is 0 Å². The molecular weight excluding hydrogens is 588 g/mol. The minimum atomic E-state index is -1.60. The lowest BCUT2D eigenvalue weighted by Gasteiger charge is -2.55. The van der Waals surface area contributed by atoms with E-state index in [-0.39, 0.29) is 29.4 Å². The molecule has 1 saturated heterocycles. The van der Waals surface area contributed by atoms with Gasteiger partial charge in [-0.1, -0.05) is 66.7 Å². The van der Waals surface area contributed by atoms with Crippen molar-refractivity contribution >= 4 is 40.9 Å². The molecule has 1 unspecified atom stereocenters. The third-order valence-corrected chi connectivity index (χ3v) is 9.14. The second-order valence-corrected chi connectivity index (χ2v) is 11.9. The molecule has 2 aliphatic heterocycles. The average Bonchev–Trinajstić information content (AvgIpc) is 3.54. The maximum absolute atomic E-state index is 12.7. The van der Waals surface area contributed by atoms with E-state index in [1.807, 2.05) is 29.6 Å². The molecule has 5 N–H and O–H groups in total. The van der Waals surface area contributed by atoms with Crippen LogP contribution in [0.3, 0.4) is 0 Å². The summed E-state index contributed by atoms with van der Waals surface area (Å²) < 4.78 is 5.32. The van der Waals surface area contributed by atoms with Crippen molar-refractivity contribution in [1.29, 1.82) is 0 Å². The number of nitrogens with zero attached hydrogens (tertiary/aromatic N) is 1. The number of amides is 2. The van der Waals surface area contributed by atoms with E-state index >= 15 is 0 Å². The molecule has 3 heterocycles. The van der Waals surface area contributed by atoms with Crippen LogP contribution < -0.4 is 16.0 Å². The number of β-lactam (4-membered cyclic amide) rings is 1. The van der Waals surface area contributed by atoms with Crippen molar-refractivity contribution in [3.8, 4) is 0 Å². The molecule has 228 valence electrons. The van der Waals surface area contributed by atoms with Crippen molar-refractivity contribution in [3.05, 3.63) is 105 Å². The Kier molecular flexibility index (Phi) is 11.9. The molecular formula is C31H36N4O6S2. The predicted octanol–water partition coefficient (Wildman–Crippen LogP) is 2.56.